The monoisotopic (exact) mass is 252 g/mol. The quantitative estimate of drug-likeness (QED) is 0.858. The van der Waals surface area contributed by atoms with Gasteiger partial charge in [0.15, 0.2) is 0 Å². The lowest BCUT2D eigenvalue weighted by molar-refractivity contribution is -0.126. The van der Waals surface area contributed by atoms with Crippen molar-refractivity contribution in [1.82, 2.24) is 0 Å². The molecule has 0 spiro atoms. The van der Waals surface area contributed by atoms with E-state index in [0.29, 0.717) is 24.2 Å². The Morgan fingerprint density at radius 3 is 3.00 bits per heavy atom. The van der Waals surface area contributed by atoms with Gasteiger partial charge < -0.3 is 15.8 Å². The smallest absolute Gasteiger partial charge is 0.253 e. The summed E-state index contributed by atoms with van der Waals surface area (Å²) in [5.74, 6) is -0.570. The Hall–Kier alpha value is -1.46. The van der Waals surface area contributed by atoms with Crippen LogP contribution in [0.15, 0.2) is 18.2 Å². The molecule has 18 heavy (non-hydrogen) atoms. The number of ether oxygens (including phenoxy) is 1. The van der Waals surface area contributed by atoms with Crippen LogP contribution in [0.3, 0.4) is 0 Å². The molecule has 2 rings (SSSR count). The van der Waals surface area contributed by atoms with Crippen molar-refractivity contribution in [3.8, 4) is 0 Å². The molecule has 4 nitrogen and oxygen atoms in total. The largest absolute Gasteiger partial charge is 0.364 e. The molecule has 5 heteroatoms. The standard InChI is InChI=1S/C13H17FN2O2/c1-8-10(14)3-2-4-11(8)16-13(17)12-6-5-9(7-15)18-12/h2-4,9,12H,5-7,15H2,1H3,(H,16,17). The van der Waals surface area contributed by atoms with Gasteiger partial charge in [0.05, 0.1) is 6.10 Å². The molecule has 1 aromatic rings. The van der Waals surface area contributed by atoms with Gasteiger partial charge in [-0.15, -0.1) is 0 Å². The SMILES string of the molecule is Cc1c(F)cccc1NC(=O)C1CCC(CN)O1. The number of carbonyl (C=O) groups is 1. The van der Waals surface area contributed by atoms with Crippen molar-refractivity contribution >= 4 is 11.6 Å². The first-order valence-electron chi connectivity index (χ1n) is 6.03. The molecule has 0 bridgehead atoms. The van der Waals surface area contributed by atoms with Crippen LogP contribution >= 0.6 is 0 Å². The molecule has 98 valence electrons. The predicted molar refractivity (Wildman–Crippen MR) is 66.7 cm³/mol. The van der Waals surface area contributed by atoms with Gasteiger partial charge in [-0.25, -0.2) is 4.39 Å². The van der Waals surface area contributed by atoms with Gasteiger partial charge in [-0.05, 0) is 31.9 Å². The molecule has 0 saturated carbocycles. The Labute approximate surface area is 105 Å². The molecule has 1 aliphatic rings. The van der Waals surface area contributed by atoms with Crippen molar-refractivity contribution < 1.29 is 13.9 Å². The maximum atomic E-state index is 13.3. The molecule has 3 N–H and O–H groups in total. The van der Waals surface area contributed by atoms with E-state index in [4.69, 9.17) is 10.5 Å². The van der Waals surface area contributed by atoms with E-state index in [1.807, 2.05) is 0 Å². The molecule has 1 fully saturated rings. The van der Waals surface area contributed by atoms with Gasteiger partial charge in [-0.3, -0.25) is 4.79 Å². The minimum absolute atomic E-state index is 0.0469. The topological polar surface area (TPSA) is 64.4 Å². The fourth-order valence-electron chi connectivity index (χ4n) is 2.03. The van der Waals surface area contributed by atoms with Crippen LogP contribution in [0.4, 0.5) is 10.1 Å². The van der Waals surface area contributed by atoms with Gasteiger partial charge >= 0.3 is 0 Å². The number of rotatable bonds is 3. The van der Waals surface area contributed by atoms with Gasteiger partial charge in [0.25, 0.3) is 5.91 Å². The minimum atomic E-state index is -0.485. The van der Waals surface area contributed by atoms with E-state index in [2.05, 4.69) is 5.32 Å². The summed E-state index contributed by atoms with van der Waals surface area (Å²) in [5.41, 5.74) is 6.40. The number of amides is 1. The maximum absolute atomic E-state index is 13.3. The fourth-order valence-corrected chi connectivity index (χ4v) is 2.03. The van der Waals surface area contributed by atoms with Crippen molar-refractivity contribution in [2.75, 3.05) is 11.9 Å². The normalized spacial score (nSPS) is 23.1. The second-order valence-corrected chi connectivity index (χ2v) is 4.46. The molecule has 1 amide bonds. The van der Waals surface area contributed by atoms with Crippen LogP contribution in [-0.2, 0) is 9.53 Å². The van der Waals surface area contributed by atoms with Crippen molar-refractivity contribution in [2.45, 2.75) is 32.0 Å². The van der Waals surface area contributed by atoms with Crippen LogP contribution in [0.2, 0.25) is 0 Å². The average Bonchev–Trinajstić information content (AvgIpc) is 2.83. The van der Waals surface area contributed by atoms with E-state index < -0.39 is 6.10 Å². The van der Waals surface area contributed by atoms with Gasteiger partial charge in [-0.2, -0.15) is 0 Å². The molecule has 1 saturated heterocycles. The van der Waals surface area contributed by atoms with E-state index in [-0.39, 0.29) is 17.8 Å². The molecule has 2 atom stereocenters. The predicted octanol–water partition coefficient (Wildman–Crippen LogP) is 1.58. The Kier molecular flexibility index (Phi) is 3.93. The number of carbonyl (C=O) groups excluding carboxylic acids is 1. The molecule has 1 aliphatic heterocycles. The summed E-state index contributed by atoms with van der Waals surface area (Å²) in [5, 5.41) is 2.69. The Morgan fingerprint density at radius 1 is 1.56 bits per heavy atom. The number of anilines is 1. The molecule has 0 aromatic heterocycles. The van der Waals surface area contributed by atoms with Crippen LogP contribution in [0, 0.1) is 12.7 Å². The van der Waals surface area contributed by atoms with E-state index in [0.717, 1.165) is 6.42 Å². The summed E-state index contributed by atoms with van der Waals surface area (Å²) < 4.78 is 18.8. The lowest BCUT2D eigenvalue weighted by Crippen LogP contribution is -2.30. The van der Waals surface area contributed by atoms with Crippen molar-refractivity contribution in [2.24, 2.45) is 5.73 Å². The first-order valence-corrected chi connectivity index (χ1v) is 6.03. The van der Waals surface area contributed by atoms with Crippen LogP contribution in [0.25, 0.3) is 0 Å². The van der Waals surface area contributed by atoms with E-state index in [1.165, 1.54) is 6.07 Å². The Bertz CT molecular complexity index is 451. The van der Waals surface area contributed by atoms with E-state index in [9.17, 15) is 9.18 Å². The number of hydrogen-bond acceptors (Lipinski definition) is 3. The highest BCUT2D eigenvalue weighted by Crippen LogP contribution is 2.22. The fraction of sp³-hybridized carbons (Fsp3) is 0.462. The second kappa shape index (κ2) is 5.46. The second-order valence-electron chi connectivity index (χ2n) is 4.46. The molecule has 2 unspecified atom stereocenters. The lowest BCUT2D eigenvalue weighted by atomic mass is 10.1. The number of nitrogens with two attached hydrogens (primary N) is 1. The molecule has 1 heterocycles. The van der Waals surface area contributed by atoms with Crippen LogP contribution in [0.1, 0.15) is 18.4 Å². The summed E-state index contributed by atoms with van der Waals surface area (Å²) in [7, 11) is 0. The first-order chi connectivity index (χ1) is 8.61. The molecular formula is C13H17FN2O2. The summed E-state index contributed by atoms with van der Waals surface area (Å²) in [6.45, 7) is 2.05. The Balaban J connectivity index is 2.01. The van der Waals surface area contributed by atoms with Crippen molar-refractivity contribution in [1.29, 1.82) is 0 Å². The zero-order chi connectivity index (χ0) is 13.1. The zero-order valence-corrected chi connectivity index (χ0v) is 10.3. The zero-order valence-electron chi connectivity index (χ0n) is 10.3. The first kappa shape index (κ1) is 13.0. The summed E-state index contributed by atoms with van der Waals surface area (Å²) >= 11 is 0. The third kappa shape index (κ3) is 2.68. The van der Waals surface area contributed by atoms with E-state index >= 15 is 0 Å². The van der Waals surface area contributed by atoms with Crippen LogP contribution in [0.5, 0.6) is 0 Å². The van der Waals surface area contributed by atoms with E-state index in [1.54, 1.807) is 19.1 Å². The third-order valence-electron chi connectivity index (χ3n) is 3.19. The number of halogens is 1. The van der Waals surface area contributed by atoms with Crippen LogP contribution in [-0.4, -0.2) is 24.7 Å². The van der Waals surface area contributed by atoms with Crippen molar-refractivity contribution in [3.63, 3.8) is 0 Å². The molecular weight excluding hydrogens is 235 g/mol. The summed E-state index contributed by atoms with van der Waals surface area (Å²) in [6, 6.07) is 4.60. The highest BCUT2D eigenvalue weighted by atomic mass is 19.1. The average molecular weight is 252 g/mol. The highest BCUT2D eigenvalue weighted by molar-refractivity contribution is 5.95. The molecule has 0 aliphatic carbocycles. The summed E-state index contributed by atoms with van der Waals surface area (Å²) in [4.78, 5) is 11.9. The van der Waals surface area contributed by atoms with Gasteiger partial charge in [0, 0.05) is 17.8 Å². The third-order valence-corrected chi connectivity index (χ3v) is 3.19. The number of hydrogen-bond donors (Lipinski definition) is 2. The summed E-state index contributed by atoms with van der Waals surface area (Å²) in [6.07, 6.45) is 0.911. The number of nitrogens with one attached hydrogen (secondary N) is 1. The van der Waals surface area contributed by atoms with Crippen LogP contribution < -0.4 is 11.1 Å². The minimum Gasteiger partial charge on any atom is -0.364 e. The molecule has 1 aromatic carbocycles. The van der Waals surface area contributed by atoms with Gasteiger partial charge in [-0.1, -0.05) is 6.07 Å². The van der Waals surface area contributed by atoms with Gasteiger partial charge in [0.2, 0.25) is 0 Å². The number of benzene rings is 1. The maximum Gasteiger partial charge on any atom is 0.253 e. The molecule has 0 radical (unpaired) electrons. The van der Waals surface area contributed by atoms with Gasteiger partial charge in [0.1, 0.15) is 11.9 Å². The lowest BCUT2D eigenvalue weighted by Gasteiger charge is -2.14. The van der Waals surface area contributed by atoms with Crippen molar-refractivity contribution in [3.05, 3.63) is 29.6 Å². The highest BCUT2D eigenvalue weighted by Gasteiger charge is 2.30. The Morgan fingerprint density at radius 2 is 2.33 bits per heavy atom.